The van der Waals surface area contributed by atoms with Gasteiger partial charge in [0.2, 0.25) is 0 Å². The second kappa shape index (κ2) is 9.80. The number of halogens is 1. The SMILES string of the molecule is O=C(COc1ccc(/C=N/NC(=O)c2ccccc2)cc1)Nc1ccccc1F. The summed E-state index contributed by atoms with van der Waals surface area (Å²) in [4.78, 5) is 23.7. The van der Waals surface area contributed by atoms with E-state index in [1.165, 1.54) is 18.3 Å². The summed E-state index contributed by atoms with van der Waals surface area (Å²) in [6.07, 6.45) is 1.50. The summed E-state index contributed by atoms with van der Waals surface area (Å²) < 4.78 is 18.9. The van der Waals surface area contributed by atoms with Crippen molar-refractivity contribution >= 4 is 23.7 Å². The lowest BCUT2D eigenvalue weighted by Crippen LogP contribution is -2.20. The first-order chi connectivity index (χ1) is 14.1. The number of hydrazone groups is 1. The Bertz CT molecular complexity index is 1010. The monoisotopic (exact) mass is 391 g/mol. The third-order valence-corrected chi connectivity index (χ3v) is 3.81. The summed E-state index contributed by atoms with van der Waals surface area (Å²) in [6, 6.07) is 21.4. The van der Waals surface area contributed by atoms with Gasteiger partial charge in [0.25, 0.3) is 11.8 Å². The number of benzene rings is 3. The Morgan fingerprint density at radius 1 is 0.931 bits per heavy atom. The third kappa shape index (κ3) is 6.00. The van der Waals surface area contributed by atoms with Crippen molar-refractivity contribution in [3.63, 3.8) is 0 Å². The summed E-state index contributed by atoms with van der Waals surface area (Å²) >= 11 is 0. The molecule has 0 heterocycles. The van der Waals surface area contributed by atoms with E-state index in [4.69, 9.17) is 4.74 Å². The number of hydrogen-bond acceptors (Lipinski definition) is 4. The van der Waals surface area contributed by atoms with E-state index >= 15 is 0 Å². The smallest absolute Gasteiger partial charge is 0.271 e. The molecule has 146 valence electrons. The average molecular weight is 391 g/mol. The van der Waals surface area contributed by atoms with Gasteiger partial charge in [0, 0.05) is 5.56 Å². The largest absolute Gasteiger partial charge is 0.484 e. The van der Waals surface area contributed by atoms with E-state index in [1.807, 2.05) is 6.07 Å². The highest BCUT2D eigenvalue weighted by molar-refractivity contribution is 5.94. The highest BCUT2D eigenvalue weighted by Crippen LogP contribution is 2.13. The molecule has 0 fully saturated rings. The van der Waals surface area contributed by atoms with Gasteiger partial charge >= 0.3 is 0 Å². The highest BCUT2D eigenvalue weighted by atomic mass is 19.1. The zero-order valence-electron chi connectivity index (χ0n) is 15.3. The van der Waals surface area contributed by atoms with Crippen LogP contribution in [0.2, 0.25) is 0 Å². The van der Waals surface area contributed by atoms with Crippen molar-refractivity contribution in [2.75, 3.05) is 11.9 Å². The third-order valence-electron chi connectivity index (χ3n) is 3.81. The number of nitrogens with zero attached hydrogens (tertiary/aromatic N) is 1. The van der Waals surface area contributed by atoms with Gasteiger partial charge in [-0.15, -0.1) is 0 Å². The van der Waals surface area contributed by atoms with Gasteiger partial charge in [-0.1, -0.05) is 30.3 Å². The van der Waals surface area contributed by atoms with Crippen LogP contribution in [0, 0.1) is 5.82 Å². The molecule has 3 aromatic rings. The second-order valence-electron chi connectivity index (χ2n) is 5.95. The normalized spacial score (nSPS) is 10.5. The number of para-hydroxylation sites is 1. The van der Waals surface area contributed by atoms with E-state index in [9.17, 15) is 14.0 Å². The summed E-state index contributed by atoms with van der Waals surface area (Å²) in [6.45, 7) is -0.255. The molecule has 0 aromatic heterocycles. The molecule has 0 saturated carbocycles. The Labute approximate surface area is 167 Å². The molecule has 0 aliphatic rings. The minimum atomic E-state index is -0.510. The molecular formula is C22H18FN3O3. The summed E-state index contributed by atoms with van der Waals surface area (Å²) in [5.41, 5.74) is 3.80. The molecule has 0 spiro atoms. The predicted molar refractivity (Wildman–Crippen MR) is 108 cm³/mol. The van der Waals surface area contributed by atoms with E-state index in [1.54, 1.807) is 60.7 Å². The molecule has 0 aliphatic heterocycles. The summed E-state index contributed by atoms with van der Waals surface area (Å²) in [7, 11) is 0. The van der Waals surface area contributed by atoms with Gasteiger partial charge in [0.05, 0.1) is 11.9 Å². The molecule has 3 aromatic carbocycles. The zero-order chi connectivity index (χ0) is 20.5. The van der Waals surface area contributed by atoms with Gasteiger partial charge in [-0.3, -0.25) is 9.59 Å². The quantitative estimate of drug-likeness (QED) is 0.477. The van der Waals surface area contributed by atoms with Gasteiger partial charge in [0.15, 0.2) is 6.61 Å². The van der Waals surface area contributed by atoms with Crippen molar-refractivity contribution < 1.29 is 18.7 Å². The lowest BCUT2D eigenvalue weighted by Gasteiger charge is -2.08. The Balaban J connectivity index is 1.46. The molecule has 0 radical (unpaired) electrons. The molecule has 0 bridgehead atoms. The first kappa shape index (κ1) is 19.8. The summed E-state index contributed by atoms with van der Waals surface area (Å²) in [5, 5.41) is 6.36. The predicted octanol–water partition coefficient (Wildman–Crippen LogP) is 3.61. The van der Waals surface area contributed by atoms with Crippen LogP contribution in [0.25, 0.3) is 0 Å². The van der Waals surface area contributed by atoms with Crippen LogP contribution in [0.3, 0.4) is 0 Å². The molecule has 29 heavy (non-hydrogen) atoms. The number of amides is 2. The van der Waals surface area contributed by atoms with Crippen LogP contribution in [0.4, 0.5) is 10.1 Å². The molecular weight excluding hydrogens is 373 g/mol. The number of carbonyl (C=O) groups is 2. The van der Waals surface area contributed by atoms with Crippen LogP contribution in [0.1, 0.15) is 15.9 Å². The summed E-state index contributed by atoms with van der Waals surface area (Å²) in [5.74, 6) is -0.810. The maximum absolute atomic E-state index is 13.5. The Morgan fingerprint density at radius 3 is 2.34 bits per heavy atom. The van der Waals surface area contributed by atoms with Crippen molar-refractivity contribution in [1.82, 2.24) is 5.43 Å². The maximum Gasteiger partial charge on any atom is 0.271 e. The molecule has 7 heteroatoms. The van der Waals surface area contributed by atoms with Crippen molar-refractivity contribution in [2.24, 2.45) is 5.10 Å². The van der Waals surface area contributed by atoms with Gasteiger partial charge in [-0.05, 0) is 54.1 Å². The Kier molecular flexibility index (Phi) is 6.67. The van der Waals surface area contributed by atoms with Crippen LogP contribution in [-0.2, 0) is 4.79 Å². The lowest BCUT2D eigenvalue weighted by molar-refractivity contribution is -0.118. The molecule has 0 unspecified atom stereocenters. The van der Waals surface area contributed by atoms with Crippen LogP contribution in [-0.4, -0.2) is 24.6 Å². The van der Waals surface area contributed by atoms with E-state index in [0.717, 1.165) is 5.56 Å². The van der Waals surface area contributed by atoms with Gasteiger partial charge in [0.1, 0.15) is 11.6 Å². The maximum atomic E-state index is 13.5. The number of carbonyl (C=O) groups excluding carboxylic acids is 2. The number of ether oxygens (including phenoxy) is 1. The van der Waals surface area contributed by atoms with Crippen molar-refractivity contribution in [3.05, 3.63) is 95.8 Å². The highest BCUT2D eigenvalue weighted by Gasteiger charge is 2.07. The zero-order valence-corrected chi connectivity index (χ0v) is 15.3. The van der Waals surface area contributed by atoms with Gasteiger partial charge in [-0.25, -0.2) is 9.82 Å². The Hall–Kier alpha value is -4.00. The first-order valence-electron chi connectivity index (χ1n) is 8.77. The molecule has 0 atom stereocenters. The van der Waals surface area contributed by atoms with E-state index in [-0.39, 0.29) is 18.2 Å². The van der Waals surface area contributed by atoms with Crippen LogP contribution < -0.4 is 15.5 Å². The number of rotatable bonds is 7. The first-order valence-corrected chi connectivity index (χ1v) is 8.77. The average Bonchev–Trinajstić information content (AvgIpc) is 2.75. The number of hydrogen-bond donors (Lipinski definition) is 2. The molecule has 0 saturated heterocycles. The van der Waals surface area contributed by atoms with E-state index < -0.39 is 11.7 Å². The fraction of sp³-hybridized carbons (Fsp3) is 0.0455. The van der Waals surface area contributed by atoms with Crippen LogP contribution in [0.15, 0.2) is 84.0 Å². The molecule has 2 amide bonds. The molecule has 3 rings (SSSR count). The van der Waals surface area contributed by atoms with Gasteiger partial charge < -0.3 is 10.1 Å². The fourth-order valence-corrected chi connectivity index (χ4v) is 2.37. The minimum Gasteiger partial charge on any atom is -0.484 e. The standard InChI is InChI=1S/C22H18FN3O3/c23-19-8-4-5-9-20(19)25-21(27)15-29-18-12-10-16(11-13-18)14-24-26-22(28)17-6-2-1-3-7-17/h1-14H,15H2,(H,25,27)(H,26,28)/b24-14+. The topological polar surface area (TPSA) is 79.8 Å². The Morgan fingerprint density at radius 2 is 1.62 bits per heavy atom. The van der Waals surface area contributed by atoms with Crippen LogP contribution >= 0.6 is 0 Å². The molecule has 0 aliphatic carbocycles. The van der Waals surface area contributed by atoms with E-state index in [0.29, 0.717) is 11.3 Å². The molecule has 2 N–H and O–H groups in total. The lowest BCUT2D eigenvalue weighted by atomic mass is 10.2. The van der Waals surface area contributed by atoms with Crippen molar-refractivity contribution in [1.29, 1.82) is 0 Å². The van der Waals surface area contributed by atoms with E-state index in [2.05, 4.69) is 15.8 Å². The molecule has 6 nitrogen and oxygen atoms in total. The minimum absolute atomic E-state index is 0.102. The van der Waals surface area contributed by atoms with Crippen LogP contribution in [0.5, 0.6) is 5.75 Å². The number of nitrogens with one attached hydrogen (secondary N) is 2. The second-order valence-corrected chi connectivity index (χ2v) is 5.95. The number of anilines is 1. The van der Waals surface area contributed by atoms with Crippen molar-refractivity contribution in [3.8, 4) is 5.75 Å². The van der Waals surface area contributed by atoms with Crippen molar-refractivity contribution in [2.45, 2.75) is 0 Å². The fourth-order valence-electron chi connectivity index (χ4n) is 2.37. The van der Waals surface area contributed by atoms with Gasteiger partial charge in [-0.2, -0.15) is 5.10 Å².